The molecule has 0 aromatic rings. The minimum absolute atomic E-state index is 0.123. The zero-order valence-corrected chi connectivity index (χ0v) is 10.4. The molecule has 82 valence electrons. The molecule has 0 aliphatic rings. The zero-order valence-electron chi connectivity index (χ0n) is 9.63. The fraction of sp³-hybridized carbons (Fsp3) is 0.889. The van der Waals surface area contributed by atoms with Gasteiger partial charge in [0.05, 0.1) is 0 Å². The number of nitrogens with zero attached hydrogens (tertiary/aromatic N) is 1. The van der Waals surface area contributed by atoms with E-state index >= 15 is 0 Å². The maximum absolute atomic E-state index is 11.3. The van der Waals surface area contributed by atoms with Gasteiger partial charge in [-0.1, -0.05) is 24.2 Å². The molecule has 0 saturated heterocycles. The minimum atomic E-state index is -2.04. The fourth-order valence-electron chi connectivity index (χ4n) is 0.798. The molecule has 3 nitrogen and oxygen atoms in total. The van der Waals surface area contributed by atoms with Gasteiger partial charge in [0.15, 0.2) is 0 Å². The van der Waals surface area contributed by atoms with Gasteiger partial charge in [-0.05, 0) is 26.4 Å². The highest BCUT2D eigenvalue weighted by molar-refractivity contribution is 8.39. The van der Waals surface area contributed by atoms with E-state index in [9.17, 15) is 9.35 Å². The molecule has 0 radical (unpaired) electrons. The van der Waals surface area contributed by atoms with Gasteiger partial charge in [0.25, 0.3) is 5.24 Å². The topological polar surface area (TPSA) is 40.5 Å². The number of carbonyl (C=O) groups excluding carboxylic acids is 1. The Labute approximate surface area is 83.6 Å². The Morgan fingerprint density at radius 1 is 1.23 bits per heavy atom. The molecule has 0 rings (SSSR count). The summed E-state index contributed by atoms with van der Waals surface area (Å²) < 4.78 is 9.41. The molecule has 0 aromatic heterocycles. The van der Waals surface area contributed by atoms with Crippen LogP contribution in [-0.4, -0.2) is 40.3 Å². The van der Waals surface area contributed by atoms with Gasteiger partial charge in [0.2, 0.25) is 0 Å². The van der Waals surface area contributed by atoms with Crippen molar-refractivity contribution in [2.24, 2.45) is 0 Å². The van der Waals surface area contributed by atoms with Crippen LogP contribution in [0.25, 0.3) is 0 Å². The van der Waals surface area contributed by atoms with Gasteiger partial charge in [-0.15, -0.1) is 0 Å². The molecule has 1 N–H and O–H groups in total. The predicted molar refractivity (Wildman–Crippen MR) is 61.7 cm³/mol. The van der Waals surface area contributed by atoms with E-state index in [0.29, 0.717) is 13.1 Å². The Hall–Kier alpha value is -0.220. The summed E-state index contributed by atoms with van der Waals surface area (Å²) in [5.41, 5.74) is 0. The van der Waals surface area contributed by atoms with E-state index in [4.69, 9.17) is 0 Å². The Kier molecular flexibility index (Phi) is 8.46. The van der Waals surface area contributed by atoms with Crippen LogP contribution in [0.4, 0.5) is 4.79 Å². The Balaban J connectivity index is 0. The smallest absolute Gasteiger partial charge is 0.285 e. The highest BCUT2D eigenvalue weighted by Gasteiger charge is 2.22. The number of hydrogen-bond acceptors (Lipinski definition) is 2. The molecule has 0 aliphatic carbocycles. The van der Waals surface area contributed by atoms with Crippen molar-refractivity contribution in [3.05, 3.63) is 0 Å². The molecule has 4 heteroatoms. The first-order chi connectivity index (χ1) is 5.93. The largest absolute Gasteiger partial charge is 0.343 e. The molecular formula is C9H23NO2S. The summed E-state index contributed by atoms with van der Waals surface area (Å²) in [6.45, 7) is 9.16. The van der Waals surface area contributed by atoms with E-state index in [1.807, 2.05) is 27.7 Å². The maximum atomic E-state index is 11.3. The standard InChI is InChI=1S/C7H17NO2S.C2H6/c1-5-8(6-2)7(9)11(3,4)10;1-2/h10H,5-6H2,1-4H3;1-2H3. The lowest BCUT2D eigenvalue weighted by Crippen LogP contribution is -2.32. The first-order valence-electron chi connectivity index (χ1n) is 4.68. The van der Waals surface area contributed by atoms with Crippen molar-refractivity contribution in [3.63, 3.8) is 0 Å². The lowest BCUT2D eigenvalue weighted by atomic mass is 10.6. The van der Waals surface area contributed by atoms with Crippen LogP contribution in [0, 0.1) is 0 Å². The van der Waals surface area contributed by atoms with Crippen LogP contribution in [0.5, 0.6) is 0 Å². The van der Waals surface area contributed by atoms with Gasteiger partial charge in [0.1, 0.15) is 0 Å². The third-order valence-electron chi connectivity index (χ3n) is 1.45. The highest BCUT2D eigenvalue weighted by atomic mass is 32.3. The molecule has 0 fully saturated rings. The molecule has 0 unspecified atom stereocenters. The van der Waals surface area contributed by atoms with Crippen molar-refractivity contribution in [3.8, 4) is 0 Å². The minimum Gasteiger partial charge on any atom is -0.343 e. The van der Waals surface area contributed by atoms with Gasteiger partial charge in [-0.3, -0.25) is 4.79 Å². The molecule has 0 heterocycles. The summed E-state index contributed by atoms with van der Waals surface area (Å²) in [5, 5.41) is -0.123. The molecule has 0 atom stereocenters. The fourth-order valence-corrected chi connectivity index (χ4v) is 1.69. The van der Waals surface area contributed by atoms with E-state index in [0.717, 1.165) is 0 Å². The van der Waals surface area contributed by atoms with Crippen molar-refractivity contribution in [1.29, 1.82) is 0 Å². The van der Waals surface area contributed by atoms with E-state index in [1.54, 1.807) is 17.4 Å². The van der Waals surface area contributed by atoms with Gasteiger partial charge >= 0.3 is 0 Å². The summed E-state index contributed by atoms with van der Waals surface area (Å²) >= 11 is 0. The van der Waals surface area contributed by atoms with Crippen molar-refractivity contribution in [2.45, 2.75) is 27.7 Å². The summed E-state index contributed by atoms with van der Waals surface area (Å²) in [6, 6.07) is 0. The van der Waals surface area contributed by atoms with E-state index in [1.165, 1.54) is 0 Å². The summed E-state index contributed by atoms with van der Waals surface area (Å²) in [4.78, 5) is 13.0. The Morgan fingerprint density at radius 3 is 1.62 bits per heavy atom. The maximum Gasteiger partial charge on any atom is 0.285 e. The molecule has 0 bridgehead atoms. The van der Waals surface area contributed by atoms with Crippen LogP contribution in [0.1, 0.15) is 27.7 Å². The molecule has 0 aromatic carbocycles. The summed E-state index contributed by atoms with van der Waals surface area (Å²) in [6.07, 6.45) is 3.18. The Morgan fingerprint density at radius 2 is 1.54 bits per heavy atom. The van der Waals surface area contributed by atoms with Crippen molar-refractivity contribution < 1.29 is 9.35 Å². The first-order valence-corrected chi connectivity index (χ1v) is 7.08. The van der Waals surface area contributed by atoms with Crippen LogP contribution in [-0.2, 0) is 0 Å². The molecule has 0 saturated carbocycles. The number of rotatable bonds is 2. The third kappa shape index (κ3) is 5.93. The quantitative estimate of drug-likeness (QED) is 0.759. The van der Waals surface area contributed by atoms with Crippen molar-refractivity contribution >= 4 is 15.5 Å². The second kappa shape index (κ2) is 7.21. The van der Waals surface area contributed by atoms with Crippen LogP contribution >= 0.6 is 10.3 Å². The number of carbonyl (C=O) groups is 1. The average molecular weight is 209 g/mol. The summed E-state index contributed by atoms with van der Waals surface area (Å²) in [7, 11) is -2.04. The van der Waals surface area contributed by atoms with Crippen LogP contribution in [0.3, 0.4) is 0 Å². The molecule has 1 amide bonds. The van der Waals surface area contributed by atoms with Crippen molar-refractivity contribution in [2.75, 3.05) is 25.6 Å². The predicted octanol–water partition coefficient (Wildman–Crippen LogP) is 3.01. The summed E-state index contributed by atoms with van der Waals surface area (Å²) in [5.74, 6) is 0. The van der Waals surface area contributed by atoms with E-state index in [-0.39, 0.29) is 5.24 Å². The SMILES string of the molecule is CC.CCN(CC)C(=O)S(C)(C)O. The van der Waals surface area contributed by atoms with Crippen LogP contribution < -0.4 is 0 Å². The number of hydrogen-bond donors (Lipinski definition) is 1. The van der Waals surface area contributed by atoms with Gasteiger partial charge < -0.3 is 9.45 Å². The van der Waals surface area contributed by atoms with Crippen LogP contribution in [0.15, 0.2) is 0 Å². The monoisotopic (exact) mass is 209 g/mol. The molecule has 13 heavy (non-hydrogen) atoms. The molecular weight excluding hydrogens is 186 g/mol. The first kappa shape index (κ1) is 15.3. The van der Waals surface area contributed by atoms with Gasteiger partial charge in [0, 0.05) is 13.1 Å². The molecule has 0 aliphatic heterocycles. The van der Waals surface area contributed by atoms with E-state index < -0.39 is 10.3 Å². The zero-order chi connectivity index (χ0) is 11.1. The molecule has 0 spiro atoms. The van der Waals surface area contributed by atoms with Crippen molar-refractivity contribution in [1.82, 2.24) is 4.90 Å². The lowest BCUT2D eigenvalue weighted by molar-refractivity contribution is 0.226. The average Bonchev–Trinajstić information content (AvgIpc) is 2.08. The Bertz CT molecular complexity index is 139. The van der Waals surface area contributed by atoms with Gasteiger partial charge in [-0.25, -0.2) is 0 Å². The second-order valence-electron chi connectivity index (χ2n) is 2.71. The highest BCUT2D eigenvalue weighted by Crippen LogP contribution is 2.37. The third-order valence-corrected chi connectivity index (χ3v) is 2.56. The van der Waals surface area contributed by atoms with Crippen LogP contribution in [0.2, 0.25) is 0 Å². The normalized spacial score (nSPS) is 11.3. The number of amides is 1. The second-order valence-corrected chi connectivity index (χ2v) is 5.61. The van der Waals surface area contributed by atoms with Gasteiger partial charge in [-0.2, -0.15) is 0 Å². The van der Waals surface area contributed by atoms with E-state index in [2.05, 4.69) is 0 Å². The lowest BCUT2D eigenvalue weighted by Gasteiger charge is -2.29.